The molecule has 14 heteroatoms. The molecular weight excluding hydrogens is 420 g/mol. The van der Waals surface area contributed by atoms with Crippen LogP contribution < -0.4 is 15.2 Å². The van der Waals surface area contributed by atoms with Crippen LogP contribution in [0.5, 0.6) is 11.5 Å². The largest absolute Gasteiger partial charge is 0.454 e. The fourth-order valence-electron chi connectivity index (χ4n) is 2.60. The number of rotatable bonds is 9. The Morgan fingerprint density at radius 2 is 1.65 bits per heavy atom. The highest BCUT2D eigenvalue weighted by molar-refractivity contribution is 7.89. The van der Waals surface area contributed by atoms with Gasteiger partial charge in [-0.3, -0.25) is 4.79 Å². The van der Waals surface area contributed by atoms with Crippen molar-refractivity contribution < 1.29 is 33.3 Å². The number of hydrogen-bond acceptors (Lipinski definition) is 8. The first-order valence-electron chi connectivity index (χ1n) is 8.55. The minimum atomic E-state index is -4.40. The van der Waals surface area contributed by atoms with Crippen molar-refractivity contribution in [2.75, 3.05) is 5.32 Å². The number of nitrogens with one attached hydrogen (secondary N) is 1. The van der Waals surface area contributed by atoms with E-state index in [-0.39, 0.29) is 22.7 Å². The smallest absolute Gasteiger partial charge is 0.264 e. The number of aliphatic hydroxyl groups is 3. The predicted molar refractivity (Wildman–Crippen MR) is 116 cm³/mol. The van der Waals surface area contributed by atoms with Crippen LogP contribution in [0.1, 0.15) is 16.8 Å². The number of para-hydroxylation sites is 1. The van der Waals surface area contributed by atoms with Crippen molar-refractivity contribution in [3.05, 3.63) is 48.0 Å². The second kappa shape index (κ2) is 8.71. The van der Waals surface area contributed by atoms with Crippen LogP contribution in [0.25, 0.3) is 0 Å². The van der Waals surface area contributed by atoms with E-state index in [1.165, 1.54) is 12.1 Å². The van der Waals surface area contributed by atoms with Crippen LogP contribution in [0.15, 0.2) is 47.4 Å². The van der Waals surface area contributed by atoms with Crippen LogP contribution in [0.2, 0.25) is 5.21 Å². The Kier molecular flexibility index (Phi) is 7.03. The van der Waals surface area contributed by atoms with Crippen LogP contribution in [0.4, 0.5) is 5.69 Å². The molecule has 0 saturated heterocycles. The standard InChI is InChI=1S/C17H16B4N2O7S/c18-15(19,17(25,26)27)9-16(20,21)23-12-6-10(8-24)7-13(31(22,28)29)14(12)30-11-4-2-1-3-5-11/h1-8,23,25-27H,9H2,(H2,22,28,29). The van der Waals surface area contributed by atoms with Gasteiger partial charge in [-0.1, -0.05) is 18.2 Å². The monoisotopic (exact) mass is 436 g/mol. The number of anilines is 1. The number of aldehydes is 1. The van der Waals surface area contributed by atoms with Gasteiger partial charge in [0.1, 0.15) is 16.9 Å². The lowest BCUT2D eigenvalue weighted by molar-refractivity contribution is -0.322. The first kappa shape index (κ1) is 25.0. The molecule has 0 spiro atoms. The van der Waals surface area contributed by atoms with E-state index < -0.39 is 37.9 Å². The predicted octanol–water partition coefficient (Wildman–Crippen LogP) is -1.18. The zero-order chi connectivity index (χ0) is 23.7. The molecule has 2 aromatic rings. The lowest BCUT2D eigenvalue weighted by Gasteiger charge is -2.42. The van der Waals surface area contributed by atoms with E-state index in [0.29, 0.717) is 6.29 Å². The molecule has 0 aliphatic heterocycles. The van der Waals surface area contributed by atoms with E-state index in [2.05, 4.69) is 5.32 Å². The highest BCUT2D eigenvalue weighted by atomic mass is 32.2. The van der Waals surface area contributed by atoms with Crippen molar-refractivity contribution >= 4 is 53.4 Å². The van der Waals surface area contributed by atoms with Crippen LogP contribution in [0, 0.1) is 0 Å². The summed E-state index contributed by atoms with van der Waals surface area (Å²) in [4.78, 5) is 10.8. The molecule has 0 heterocycles. The third-order valence-electron chi connectivity index (χ3n) is 4.06. The first-order valence-corrected chi connectivity index (χ1v) is 10.1. The van der Waals surface area contributed by atoms with Gasteiger partial charge in [0, 0.05) is 5.56 Å². The molecule has 8 radical (unpaired) electrons. The quantitative estimate of drug-likeness (QED) is 0.187. The number of hydrogen-bond donors (Lipinski definition) is 5. The lowest BCUT2D eigenvalue weighted by atomic mass is 9.43. The molecule has 0 atom stereocenters. The summed E-state index contributed by atoms with van der Waals surface area (Å²) in [6.07, 6.45) is -0.512. The summed E-state index contributed by atoms with van der Waals surface area (Å²) in [6, 6.07) is 10.1. The van der Waals surface area contributed by atoms with Gasteiger partial charge < -0.3 is 25.4 Å². The molecule has 0 fully saturated rings. The number of nitrogens with two attached hydrogens (primary N) is 1. The van der Waals surface area contributed by atoms with Crippen molar-refractivity contribution in [3.8, 4) is 11.5 Å². The number of carbonyl (C=O) groups excluding carboxylic acids is 1. The first-order chi connectivity index (χ1) is 14.1. The molecule has 0 unspecified atom stereocenters. The molecule has 9 nitrogen and oxygen atoms in total. The maximum atomic E-state index is 12.1. The molecule has 0 amide bonds. The van der Waals surface area contributed by atoms with Crippen molar-refractivity contribution in [3.63, 3.8) is 0 Å². The van der Waals surface area contributed by atoms with Crippen molar-refractivity contribution in [2.24, 2.45) is 5.14 Å². The Hall–Kier alpha value is -2.24. The Bertz CT molecular complexity index is 1060. The van der Waals surface area contributed by atoms with Crippen LogP contribution in [-0.2, 0) is 10.0 Å². The van der Waals surface area contributed by atoms with E-state index in [0.717, 1.165) is 12.1 Å². The van der Waals surface area contributed by atoms with E-state index in [1.54, 1.807) is 18.2 Å². The van der Waals surface area contributed by atoms with Gasteiger partial charge in [0.15, 0.2) is 5.75 Å². The Morgan fingerprint density at radius 3 is 2.13 bits per heavy atom. The van der Waals surface area contributed by atoms with E-state index in [4.69, 9.17) is 41.3 Å². The number of sulfonamides is 1. The lowest BCUT2D eigenvalue weighted by Crippen LogP contribution is -2.52. The van der Waals surface area contributed by atoms with Gasteiger partial charge in [0.05, 0.1) is 37.1 Å². The second-order valence-electron chi connectivity index (χ2n) is 6.99. The topological polar surface area (TPSA) is 159 Å². The maximum Gasteiger partial charge on any atom is 0.264 e. The highest BCUT2D eigenvalue weighted by Crippen LogP contribution is 2.40. The fourth-order valence-corrected chi connectivity index (χ4v) is 3.32. The Balaban J connectivity index is 2.60. The normalized spacial score (nSPS) is 12.9. The average Bonchev–Trinajstić information content (AvgIpc) is 2.60. The summed E-state index contributed by atoms with van der Waals surface area (Å²) in [5.41, 5.74) is -0.340. The van der Waals surface area contributed by atoms with Gasteiger partial charge >= 0.3 is 0 Å². The zero-order valence-corrected chi connectivity index (χ0v) is 16.9. The second-order valence-corrected chi connectivity index (χ2v) is 8.52. The van der Waals surface area contributed by atoms with Gasteiger partial charge in [-0.25, -0.2) is 13.6 Å². The Labute approximate surface area is 184 Å². The highest BCUT2D eigenvalue weighted by Gasteiger charge is 2.42. The van der Waals surface area contributed by atoms with Crippen LogP contribution in [-0.4, -0.2) is 72.7 Å². The van der Waals surface area contributed by atoms with Gasteiger partial charge in [-0.2, -0.15) is 0 Å². The van der Waals surface area contributed by atoms with Gasteiger partial charge in [-0.05, 0) is 41.2 Å². The van der Waals surface area contributed by atoms with Crippen molar-refractivity contribution in [1.29, 1.82) is 0 Å². The summed E-state index contributed by atoms with van der Waals surface area (Å²) in [6.45, 7) is 0. The third-order valence-corrected chi connectivity index (χ3v) is 4.98. The molecule has 154 valence electrons. The van der Waals surface area contributed by atoms with Crippen LogP contribution >= 0.6 is 0 Å². The van der Waals surface area contributed by atoms with Crippen LogP contribution in [0.3, 0.4) is 0 Å². The van der Waals surface area contributed by atoms with E-state index in [9.17, 15) is 28.5 Å². The Morgan fingerprint density at radius 1 is 1.06 bits per heavy atom. The molecule has 0 aromatic heterocycles. The van der Waals surface area contributed by atoms with Gasteiger partial charge in [-0.15, -0.1) is 0 Å². The minimum Gasteiger partial charge on any atom is -0.454 e. The molecule has 2 aromatic carbocycles. The van der Waals surface area contributed by atoms with Crippen molar-refractivity contribution in [1.82, 2.24) is 0 Å². The van der Waals surface area contributed by atoms with E-state index >= 15 is 0 Å². The molecule has 0 aliphatic carbocycles. The SMILES string of the molecule is [B]C([B])(CC([B])([B])C(O)(O)O)Nc1cc(C=O)cc(S(N)(=O)=O)c1Oc1ccccc1. The summed E-state index contributed by atoms with van der Waals surface area (Å²) in [7, 11) is 18.3. The summed E-state index contributed by atoms with van der Waals surface area (Å²) in [5, 5.41) is 30.9. The molecule has 0 aliphatic rings. The molecule has 0 bridgehead atoms. The number of primary sulfonamides is 1. The van der Waals surface area contributed by atoms with Crippen molar-refractivity contribution in [2.45, 2.75) is 27.8 Å². The molecular formula is C17H16B4N2O7S. The molecule has 0 saturated carbocycles. The number of benzene rings is 2. The maximum absolute atomic E-state index is 12.1. The third kappa shape index (κ3) is 6.37. The zero-order valence-electron chi connectivity index (χ0n) is 16.1. The summed E-state index contributed by atoms with van der Waals surface area (Å²) < 4.78 is 29.9. The molecule has 2 rings (SSSR count). The fraction of sp³-hybridized carbons (Fsp3) is 0.235. The van der Waals surface area contributed by atoms with Gasteiger partial charge in [0.25, 0.3) is 5.97 Å². The number of carbonyl (C=O) groups is 1. The molecule has 31 heavy (non-hydrogen) atoms. The minimum absolute atomic E-state index is 0.129. The van der Waals surface area contributed by atoms with Gasteiger partial charge in [0.2, 0.25) is 10.0 Å². The van der Waals surface area contributed by atoms with E-state index in [1.807, 2.05) is 0 Å². The molecule has 6 N–H and O–H groups in total. The average molecular weight is 436 g/mol. The summed E-state index contributed by atoms with van der Waals surface area (Å²) >= 11 is 0. The number of ether oxygens (including phenoxy) is 1. The summed E-state index contributed by atoms with van der Waals surface area (Å²) in [5.74, 6) is -3.71.